The van der Waals surface area contributed by atoms with E-state index >= 15 is 0 Å². The molecule has 0 bridgehead atoms. The zero-order chi connectivity index (χ0) is 17.1. The molecule has 3 rings (SSSR count). The second kappa shape index (κ2) is 7.19. The van der Waals surface area contributed by atoms with Crippen LogP contribution in [0.2, 0.25) is 0 Å². The highest BCUT2D eigenvalue weighted by Crippen LogP contribution is 2.33. The van der Waals surface area contributed by atoms with E-state index in [1.165, 1.54) is 0 Å². The lowest BCUT2D eigenvalue weighted by molar-refractivity contribution is 0.0292. The standard InChI is InChI=1S/C18H22N2O4/c1-24-18-6-5-13(11-19-8-7-16(21)12-19)9-17(18)14-3-2-4-15(10-14)20(22)23/h2-6,9-10,16,21-23H,7-8,11-12H2,1H3/t16-/m1/s1. The van der Waals surface area contributed by atoms with E-state index in [1.54, 1.807) is 25.3 Å². The Morgan fingerprint density at radius 3 is 2.71 bits per heavy atom. The number of aliphatic hydroxyl groups excluding tert-OH is 1. The van der Waals surface area contributed by atoms with E-state index in [9.17, 15) is 15.5 Å². The number of rotatable bonds is 5. The van der Waals surface area contributed by atoms with Gasteiger partial charge in [0.15, 0.2) is 0 Å². The number of likely N-dealkylation sites (tertiary alicyclic amines) is 1. The molecule has 1 heterocycles. The van der Waals surface area contributed by atoms with E-state index < -0.39 is 0 Å². The highest BCUT2D eigenvalue weighted by atomic mass is 16.8. The van der Waals surface area contributed by atoms with Crippen molar-refractivity contribution in [2.75, 3.05) is 25.4 Å². The van der Waals surface area contributed by atoms with Gasteiger partial charge in [0.05, 0.1) is 18.9 Å². The summed E-state index contributed by atoms with van der Waals surface area (Å²) >= 11 is 0. The Kier molecular flexibility index (Phi) is 5.01. The molecule has 0 amide bonds. The molecule has 1 fully saturated rings. The van der Waals surface area contributed by atoms with Crippen molar-refractivity contribution in [1.29, 1.82) is 0 Å². The van der Waals surface area contributed by atoms with Crippen molar-refractivity contribution in [3.63, 3.8) is 0 Å². The van der Waals surface area contributed by atoms with Crippen LogP contribution in [0.25, 0.3) is 11.1 Å². The second-order valence-electron chi connectivity index (χ2n) is 6.05. The van der Waals surface area contributed by atoms with Crippen molar-refractivity contribution in [2.24, 2.45) is 0 Å². The molecule has 3 N–H and O–H groups in total. The third-order valence-corrected chi connectivity index (χ3v) is 4.31. The van der Waals surface area contributed by atoms with Crippen molar-refractivity contribution in [2.45, 2.75) is 19.1 Å². The summed E-state index contributed by atoms with van der Waals surface area (Å²) in [5.74, 6) is 0.722. The van der Waals surface area contributed by atoms with Gasteiger partial charge in [0.2, 0.25) is 0 Å². The van der Waals surface area contributed by atoms with Crippen LogP contribution in [0, 0.1) is 0 Å². The van der Waals surface area contributed by atoms with Crippen LogP contribution < -0.4 is 9.96 Å². The van der Waals surface area contributed by atoms with Crippen molar-refractivity contribution in [1.82, 2.24) is 4.90 Å². The Balaban J connectivity index is 1.91. The molecule has 0 spiro atoms. The van der Waals surface area contributed by atoms with Gasteiger partial charge in [-0.05, 0) is 41.8 Å². The van der Waals surface area contributed by atoms with Gasteiger partial charge in [-0.3, -0.25) is 15.3 Å². The Morgan fingerprint density at radius 2 is 2.04 bits per heavy atom. The van der Waals surface area contributed by atoms with Crippen LogP contribution in [0.5, 0.6) is 5.75 Å². The predicted molar refractivity (Wildman–Crippen MR) is 90.4 cm³/mol. The molecule has 6 heteroatoms. The molecule has 0 unspecified atom stereocenters. The minimum atomic E-state index is -0.237. The lowest BCUT2D eigenvalue weighted by Crippen LogP contribution is -2.21. The molecule has 1 aliphatic rings. The van der Waals surface area contributed by atoms with E-state index in [1.807, 2.05) is 24.3 Å². The van der Waals surface area contributed by atoms with Crippen LogP contribution >= 0.6 is 0 Å². The molecule has 0 aliphatic carbocycles. The van der Waals surface area contributed by atoms with E-state index in [-0.39, 0.29) is 17.0 Å². The van der Waals surface area contributed by atoms with Gasteiger partial charge in [-0.15, -0.1) is 5.23 Å². The fraction of sp³-hybridized carbons (Fsp3) is 0.333. The van der Waals surface area contributed by atoms with Gasteiger partial charge in [-0.25, -0.2) is 0 Å². The molecule has 6 nitrogen and oxygen atoms in total. The van der Waals surface area contributed by atoms with Crippen LogP contribution in [0.4, 0.5) is 5.69 Å². The minimum Gasteiger partial charge on any atom is -0.496 e. The van der Waals surface area contributed by atoms with Gasteiger partial charge >= 0.3 is 0 Å². The average molecular weight is 330 g/mol. The summed E-state index contributed by atoms with van der Waals surface area (Å²) < 4.78 is 5.45. The van der Waals surface area contributed by atoms with E-state index in [0.29, 0.717) is 6.54 Å². The van der Waals surface area contributed by atoms with Gasteiger partial charge < -0.3 is 9.84 Å². The molecule has 2 aromatic carbocycles. The lowest BCUT2D eigenvalue weighted by atomic mass is 10.0. The maximum absolute atomic E-state index is 9.66. The van der Waals surface area contributed by atoms with Gasteiger partial charge in [-0.2, -0.15) is 0 Å². The Bertz CT molecular complexity index is 705. The van der Waals surface area contributed by atoms with E-state index in [0.717, 1.165) is 42.0 Å². The zero-order valence-corrected chi connectivity index (χ0v) is 13.6. The van der Waals surface area contributed by atoms with Crippen molar-refractivity contribution >= 4 is 5.69 Å². The minimum absolute atomic E-state index is 0.103. The first-order valence-electron chi connectivity index (χ1n) is 7.92. The average Bonchev–Trinajstić information content (AvgIpc) is 2.99. The number of nitrogens with zero attached hydrogens (tertiary/aromatic N) is 2. The zero-order valence-electron chi connectivity index (χ0n) is 13.6. The van der Waals surface area contributed by atoms with Crippen molar-refractivity contribution in [3.05, 3.63) is 48.0 Å². The molecule has 2 aromatic rings. The fourth-order valence-corrected chi connectivity index (χ4v) is 3.09. The topological polar surface area (TPSA) is 76.4 Å². The molecular formula is C18H22N2O4. The molecular weight excluding hydrogens is 308 g/mol. The Labute approximate surface area is 141 Å². The summed E-state index contributed by atoms with van der Waals surface area (Å²) in [7, 11) is 1.61. The largest absolute Gasteiger partial charge is 0.496 e. The Morgan fingerprint density at radius 1 is 1.21 bits per heavy atom. The van der Waals surface area contributed by atoms with E-state index in [4.69, 9.17) is 4.74 Å². The molecule has 0 saturated carbocycles. The van der Waals surface area contributed by atoms with E-state index in [2.05, 4.69) is 4.90 Å². The normalized spacial score (nSPS) is 17.9. The first-order valence-corrected chi connectivity index (χ1v) is 7.92. The summed E-state index contributed by atoms with van der Waals surface area (Å²) in [6.07, 6.45) is 0.577. The molecule has 0 aromatic heterocycles. The van der Waals surface area contributed by atoms with Gasteiger partial charge in [0.1, 0.15) is 5.75 Å². The predicted octanol–water partition coefficient (Wildman–Crippen LogP) is 2.51. The van der Waals surface area contributed by atoms with Gasteiger partial charge in [0.25, 0.3) is 0 Å². The van der Waals surface area contributed by atoms with Crippen LogP contribution in [0.15, 0.2) is 42.5 Å². The summed E-state index contributed by atoms with van der Waals surface area (Å²) in [4.78, 5) is 2.22. The maximum Gasteiger partial charge on any atom is 0.126 e. The third-order valence-electron chi connectivity index (χ3n) is 4.31. The summed E-state index contributed by atoms with van der Waals surface area (Å²) in [6, 6.07) is 12.9. The number of hydrogen-bond donors (Lipinski definition) is 3. The molecule has 1 aliphatic heterocycles. The number of ether oxygens (including phenoxy) is 1. The Hall–Kier alpha value is -2.12. The van der Waals surface area contributed by atoms with Gasteiger partial charge in [-0.1, -0.05) is 18.2 Å². The van der Waals surface area contributed by atoms with Crippen LogP contribution in [-0.4, -0.2) is 46.7 Å². The smallest absolute Gasteiger partial charge is 0.126 e. The number of aliphatic hydroxyl groups is 1. The molecule has 0 radical (unpaired) electrons. The molecule has 128 valence electrons. The molecule has 1 atom stereocenters. The maximum atomic E-state index is 9.66. The van der Waals surface area contributed by atoms with Crippen molar-refractivity contribution < 1.29 is 20.3 Å². The van der Waals surface area contributed by atoms with Gasteiger partial charge in [0, 0.05) is 25.2 Å². The number of hydrogen-bond acceptors (Lipinski definition) is 6. The third kappa shape index (κ3) is 3.68. The molecule has 24 heavy (non-hydrogen) atoms. The summed E-state index contributed by atoms with van der Waals surface area (Å²) in [5.41, 5.74) is 3.12. The van der Waals surface area contributed by atoms with Crippen LogP contribution in [-0.2, 0) is 6.54 Å². The molecule has 1 saturated heterocycles. The SMILES string of the molecule is COc1ccc(CN2CC[C@@H](O)C2)cc1-c1cccc(N(O)O)c1. The second-order valence-corrected chi connectivity index (χ2v) is 6.05. The highest BCUT2D eigenvalue weighted by Gasteiger charge is 2.20. The first-order chi connectivity index (χ1) is 11.6. The van der Waals surface area contributed by atoms with Crippen LogP contribution in [0.1, 0.15) is 12.0 Å². The highest BCUT2D eigenvalue weighted by molar-refractivity contribution is 5.74. The first kappa shape index (κ1) is 16.7. The number of benzene rings is 2. The summed E-state index contributed by atoms with van der Waals surface area (Å²) in [6.45, 7) is 2.35. The quantitative estimate of drug-likeness (QED) is 0.732. The monoisotopic (exact) mass is 330 g/mol. The van der Waals surface area contributed by atoms with Crippen LogP contribution in [0.3, 0.4) is 0 Å². The number of methoxy groups -OCH3 is 1. The summed E-state index contributed by atoms with van der Waals surface area (Å²) in [5, 5.41) is 28.2. The number of β-amino-alcohol motifs (C(OH)–C–C–N with tert-alkyl or cyclic N) is 1. The lowest BCUT2D eigenvalue weighted by Gasteiger charge is -2.17. The fourth-order valence-electron chi connectivity index (χ4n) is 3.09. The van der Waals surface area contributed by atoms with Crippen molar-refractivity contribution in [3.8, 4) is 16.9 Å². The number of anilines is 1.